The molecule has 26 heavy (non-hydrogen) atoms. The van der Waals surface area contributed by atoms with Crippen LogP contribution in [0, 0.1) is 13.8 Å². The van der Waals surface area contributed by atoms with Crippen LogP contribution in [0.15, 0.2) is 30.5 Å². The van der Waals surface area contributed by atoms with Gasteiger partial charge in [0.15, 0.2) is 6.20 Å². The summed E-state index contributed by atoms with van der Waals surface area (Å²) in [6, 6.07) is 9.56. The maximum Gasteiger partial charge on any atom is 0.212 e. The van der Waals surface area contributed by atoms with Crippen LogP contribution in [-0.2, 0) is 17.9 Å². The molecule has 1 heterocycles. The predicted molar refractivity (Wildman–Crippen MR) is 112 cm³/mol. The first-order chi connectivity index (χ1) is 12.1. The third-order valence-electron chi connectivity index (χ3n) is 6.45. The number of pyridine rings is 1. The second-order valence-corrected chi connectivity index (χ2v) is 9.77. The average molecular weight is 351 g/mol. The van der Waals surface area contributed by atoms with Crippen LogP contribution < -0.4 is 4.57 Å². The maximum atomic E-state index is 2.46. The predicted octanol–water partition coefficient (Wildman–Crippen LogP) is 6.31. The first-order valence-corrected chi connectivity index (χ1v) is 10.2. The van der Waals surface area contributed by atoms with Crippen LogP contribution in [0.1, 0.15) is 82.1 Å². The van der Waals surface area contributed by atoms with Crippen LogP contribution in [0.3, 0.4) is 0 Å². The lowest BCUT2D eigenvalue weighted by Crippen LogP contribution is -2.34. The van der Waals surface area contributed by atoms with E-state index < -0.39 is 0 Å². The van der Waals surface area contributed by atoms with Crippen molar-refractivity contribution >= 4 is 0 Å². The molecule has 0 radical (unpaired) electrons. The van der Waals surface area contributed by atoms with Crippen molar-refractivity contribution in [3.8, 4) is 11.3 Å². The van der Waals surface area contributed by atoms with Crippen molar-refractivity contribution in [2.75, 3.05) is 0 Å². The highest BCUT2D eigenvalue weighted by molar-refractivity contribution is 5.63. The molecule has 1 fully saturated rings. The highest BCUT2D eigenvalue weighted by Crippen LogP contribution is 2.40. The van der Waals surface area contributed by atoms with Gasteiger partial charge >= 0.3 is 0 Å². The van der Waals surface area contributed by atoms with Gasteiger partial charge in [-0.05, 0) is 60.3 Å². The van der Waals surface area contributed by atoms with E-state index in [1.807, 2.05) is 0 Å². The van der Waals surface area contributed by atoms with Gasteiger partial charge in [-0.25, -0.2) is 4.57 Å². The van der Waals surface area contributed by atoms with Crippen LogP contribution in [0.5, 0.6) is 0 Å². The van der Waals surface area contributed by atoms with Crippen molar-refractivity contribution in [3.05, 3.63) is 52.7 Å². The van der Waals surface area contributed by atoms with Gasteiger partial charge < -0.3 is 0 Å². The van der Waals surface area contributed by atoms with Gasteiger partial charge in [0.2, 0.25) is 5.69 Å². The van der Waals surface area contributed by atoms with Crippen molar-refractivity contribution in [2.45, 2.75) is 84.5 Å². The summed E-state index contributed by atoms with van der Waals surface area (Å²) >= 11 is 0. The molecule has 0 N–H and O–H groups in total. The molecule has 0 spiro atoms. The van der Waals surface area contributed by atoms with E-state index in [2.05, 4.69) is 83.6 Å². The van der Waals surface area contributed by atoms with E-state index in [0.29, 0.717) is 5.41 Å². The monoisotopic (exact) mass is 350 g/mol. The smallest absolute Gasteiger partial charge is 0.201 e. The zero-order valence-electron chi connectivity index (χ0n) is 17.9. The van der Waals surface area contributed by atoms with Crippen molar-refractivity contribution in [3.63, 3.8) is 0 Å². The average Bonchev–Trinajstić information content (AvgIpc) is 2.56. The van der Waals surface area contributed by atoms with E-state index in [1.54, 1.807) is 0 Å². The first-order valence-electron chi connectivity index (χ1n) is 10.2. The van der Waals surface area contributed by atoms with Crippen molar-refractivity contribution in [2.24, 2.45) is 7.05 Å². The standard InChI is InChI=1S/C25H36N/c1-18-15-20(25(6)13-9-8-10-14-25)11-12-21(18)23-16-19(2)22(17-26(23)7)24(3,4)5/h11-12,15-17H,8-10,13-14H2,1-7H3/q+1. The number of benzene rings is 1. The van der Waals surface area contributed by atoms with Gasteiger partial charge in [0.05, 0.1) is 0 Å². The van der Waals surface area contributed by atoms with Gasteiger partial charge in [0, 0.05) is 17.2 Å². The van der Waals surface area contributed by atoms with Crippen LogP contribution in [-0.4, -0.2) is 0 Å². The molecule has 140 valence electrons. The van der Waals surface area contributed by atoms with Gasteiger partial charge in [-0.3, -0.25) is 0 Å². The van der Waals surface area contributed by atoms with Crippen LogP contribution >= 0.6 is 0 Å². The van der Waals surface area contributed by atoms with Gasteiger partial charge in [-0.15, -0.1) is 0 Å². The third-order valence-corrected chi connectivity index (χ3v) is 6.45. The van der Waals surface area contributed by atoms with Crippen LogP contribution in [0.4, 0.5) is 0 Å². The molecule has 1 aromatic heterocycles. The Bertz CT molecular complexity index is 802. The lowest BCUT2D eigenvalue weighted by Gasteiger charge is -2.34. The molecule has 1 heteroatoms. The Labute approximate surface area is 160 Å². The third kappa shape index (κ3) is 3.59. The fourth-order valence-electron chi connectivity index (χ4n) is 4.75. The van der Waals surface area contributed by atoms with E-state index in [0.717, 1.165) is 0 Å². The zero-order valence-corrected chi connectivity index (χ0v) is 17.9. The van der Waals surface area contributed by atoms with E-state index in [9.17, 15) is 0 Å². The fourth-order valence-corrected chi connectivity index (χ4v) is 4.75. The van der Waals surface area contributed by atoms with Crippen molar-refractivity contribution in [1.82, 2.24) is 0 Å². The number of rotatable bonds is 2. The Morgan fingerprint density at radius 2 is 1.58 bits per heavy atom. The summed E-state index contributed by atoms with van der Waals surface area (Å²) in [5.41, 5.74) is 8.95. The second-order valence-electron chi connectivity index (χ2n) is 9.77. The fraction of sp³-hybridized carbons (Fsp3) is 0.560. The second kappa shape index (κ2) is 6.83. The number of nitrogens with zero attached hydrogens (tertiary/aromatic N) is 1. The zero-order chi connectivity index (χ0) is 19.1. The normalized spacial score (nSPS) is 17.3. The molecule has 1 aromatic carbocycles. The Kier molecular flexibility index (Phi) is 5.03. The van der Waals surface area contributed by atoms with Gasteiger partial charge in [-0.2, -0.15) is 0 Å². The van der Waals surface area contributed by atoms with E-state index >= 15 is 0 Å². The summed E-state index contributed by atoms with van der Waals surface area (Å²) in [7, 11) is 2.18. The minimum Gasteiger partial charge on any atom is -0.201 e. The first kappa shape index (κ1) is 19.1. The Morgan fingerprint density at radius 1 is 0.923 bits per heavy atom. The number of aromatic nitrogens is 1. The molecular formula is C25H36N+. The van der Waals surface area contributed by atoms with Crippen molar-refractivity contribution < 1.29 is 4.57 Å². The highest BCUT2D eigenvalue weighted by atomic mass is 14.9. The van der Waals surface area contributed by atoms with Crippen LogP contribution in [0.2, 0.25) is 0 Å². The Balaban J connectivity index is 2.02. The van der Waals surface area contributed by atoms with E-state index in [1.165, 1.54) is 65.6 Å². The quantitative estimate of drug-likeness (QED) is 0.558. The summed E-state index contributed by atoms with van der Waals surface area (Å²) < 4.78 is 2.30. The largest absolute Gasteiger partial charge is 0.212 e. The van der Waals surface area contributed by atoms with E-state index in [4.69, 9.17) is 0 Å². The highest BCUT2D eigenvalue weighted by Gasteiger charge is 2.29. The molecular weight excluding hydrogens is 314 g/mol. The molecule has 1 nitrogen and oxygen atoms in total. The summed E-state index contributed by atoms with van der Waals surface area (Å²) in [5, 5.41) is 0. The summed E-state index contributed by atoms with van der Waals surface area (Å²) in [5.74, 6) is 0. The lowest BCUT2D eigenvalue weighted by atomic mass is 9.70. The lowest BCUT2D eigenvalue weighted by molar-refractivity contribution is -0.661. The molecule has 0 bridgehead atoms. The minimum atomic E-state index is 0.175. The summed E-state index contributed by atoms with van der Waals surface area (Å²) in [4.78, 5) is 0. The molecule has 1 saturated carbocycles. The molecule has 0 saturated heterocycles. The van der Waals surface area contributed by atoms with E-state index in [-0.39, 0.29) is 5.41 Å². The SMILES string of the molecule is Cc1cc(C2(C)CCCCC2)ccc1-c1cc(C)c(C(C)(C)C)c[n+]1C. The summed E-state index contributed by atoms with van der Waals surface area (Å²) in [6.07, 6.45) is 9.14. The molecule has 3 rings (SSSR count). The molecule has 1 aliphatic rings. The molecule has 0 amide bonds. The maximum absolute atomic E-state index is 2.46. The molecule has 0 aliphatic heterocycles. The topological polar surface area (TPSA) is 3.88 Å². The van der Waals surface area contributed by atoms with Gasteiger partial charge in [0.25, 0.3) is 0 Å². The van der Waals surface area contributed by atoms with Gasteiger partial charge in [-0.1, -0.05) is 59.1 Å². The number of aryl methyl sites for hydroxylation is 3. The van der Waals surface area contributed by atoms with Crippen LogP contribution in [0.25, 0.3) is 11.3 Å². The minimum absolute atomic E-state index is 0.175. The Hall–Kier alpha value is -1.63. The number of hydrogen-bond acceptors (Lipinski definition) is 0. The van der Waals surface area contributed by atoms with Crippen molar-refractivity contribution in [1.29, 1.82) is 0 Å². The van der Waals surface area contributed by atoms with Gasteiger partial charge in [0.1, 0.15) is 7.05 Å². The molecule has 1 aliphatic carbocycles. The molecule has 0 unspecified atom stereocenters. The summed E-state index contributed by atoms with van der Waals surface area (Å²) in [6.45, 7) is 13.9. The number of hydrogen-bond donors (Lipinski definition) is 0. The molecule has 2 aromatic rings. The molecule has 0 atom stereocenters. The Morgan fingerprint density at radius 3 is 2.15 bits per heavy atom.